The molecule has 0 bridgehead atoms. The van der Waals surface area contributed by atoms with Gasteiger partial charge in [0.2, 0.25) is 6.29 Å². The van der Waals surface area contributed by atoms with Crippen LogP contribution in [0.1, 0.15) is 13.8 Å². The fourth-order valence-corrected chi connectivity index (χ4v) is 1.68. The summed E-state index contributed by atoms with van der Waals surface area (Å²) in [7, 11) is 0. The number of carbonyl (C=O) groups is 1. The maximum atomic E-state index is 10.8. The van der Waals surface area contributed by atoms with Crippen LogP contribution in [0.5, 0.6) is 0 Å². The highest BCUT2D eigenvalue weighted by molar-refractivity contribution is 5.76. The molecule has 15 heavy (non-hydrogen) atoms. The standard InChI is InChI=1S/C10H13NO4/c1-7-11-10(6-14-8(2)12)4-3-5-13-9(10)15-7/h3-4,9H,5-6H2,1-2H3. The summed E-state index contributed by atoms with van der Waals surface area (Å²) in [5.41, 5.74) is -0.687. The Hall–Kier alpha value is -1.10. The molecule has 2 aliphatic rings. The summed E-state index contributed by atoms with van der Waals surface area (Å²) in [6, 6.07) is 0. The summed E-state index contributed by atoms with van der Waals surface area (Å²) in [6.45, 7) is 3.77. The Morgan fingerprint density at radius 3 is 3.33 bits per heavy atom. The molecule has 1 saturated heterocycles. The van der Waals surface area contributed by atoms with E-state index in [2.05, 4.69) is 4.99 Å². The lowest BCUT2D eigenvalue weighted by Crippen LogP contribution is -2.48. The third-order valence-electron chi connectivity index (χ3n) is 2.31. The highest BCUT2D eigenvalue weighted by Crippen LogP contribution is 2.34. The molecule has 2 rings (SSSR count). The fraction of sp³-hybridized carbons (Fsp3) is 0.600. The average Bonchev–Trinajstić information content (AvgIpc) is 2.51. The molecule has 5 nitrogen and oxygen atoms in total. The molecule has 2 atom stereocenters. The van der Waals surface area contributed by atoms with Crippen molar-refractivity contribution in [3.05, 3.63) is 12.8 Å². The van der Waals surface area contributed by atoms with E-state index in [1.54, 1.807) is 6.92 Å². The predicted octanol–water partition coefficient (Wildman–Crippen LogP) is 0.502. The Labute approximate surface area is 88.4 Å². The lowest BCUT2D eigenvalue weighted by Gasteiger charge is -2.33. The Kier molecular flexibility index (Phi) is 2.65. The van der Waals surface area contributed by atoms with Gasteiger partial charge in [0.25, 0.3) is 0 Å². The number of ether oxygens (including phenoxy) is 3. The smallest absolute Gasteiger partial charge is 0.302 e. The molecule has 0 aliphatic carbocycles. The molecule has 0 aromatic heterocycles. The molecule has 0 spiro atoms. The van der Waals surface area contributed by atoms with Crippen molar-refractivity contribution in [2.24, 2.45) is 4.99 Å². The van der Waals surface area contributed by atoms with Crippen LogP contribution in [-0.4, -0.2) is 36.9 Å². The van der Waals surface area contributed by atoms with Gasteiger partial charge in [0, 0.05) is 20.3 Å². The Morgan fingerprint density at radius 1 is 1.80 bits per heavy atom. The van der Waals surface area contributed by atoms with Crippen molar-refractivity contribution >= 4 is 11.9 Å². The largest absolute Gasteiger partial charge is 0.463 e. The van der Waals surface area contributed by atoms with Crippen molar-refractivity contribution < 1.29 is 19.0 Å². The molecular weight excluding hydrogens is 198 g/mol. The van der Waals surface area contributed by atoms with E-state index in [0.29, 0.717) is 12.5 Å². The van der Waals surface area contributed by atoms with Crippen molar-refractivity contribution in [3.63, 3.8) is 0 Å². The van der Waals surface area contributed by atoms with Crippen LogP contribution in [-0.2, 0) is 19.0 Å². The number of hydrogen-bond acceptors (Lipinski definition) is 5. The zero-order chi connectivity index (χ0) is 10.9. The first-order valence-electron chi connectivity index (χ1n) is 4.78. The SMILES string of the molecule is CC(=O)OCC12[CH][CH]COC1OC(C)=N2. The second-order valence-electron chi connectivity index (χ2n) is 3.59. The molecule has 2 unspecified atom stereocenters. The minimum Gasteiger partial charge on any atom is -0.463 e. The zero-order valence-electron chi connectivity index (χ0n) is 8.73. The van der Waals surface area contributed by atoms with Crippen molar-refractivity contribution in [2.45, 2.75) is 25.7 Å². The van der Waals surface area contributed by atoms with Gasteiger partial charge in [-0.2, -0.15) is 0 Å². The first-order chi connectivity index (χ1) is 7.12. The van der Waals surface area contributed by atoms with E-state index in [4.69, 9.17) is 14.2 Å². The molecule has 1 fully saturated rings. The van der Waals surface area contributed by atoms with E-state index >= 15 is 0 Å². The van der Waals surface area contributed by atoms with Crippen LogP contribution in [0.15, 0.2) is 4.99 Å². The van der Waals surface area contributed by atoms with Gasteiger partial charge in [-0.05, 0) is 6.42 Å². The summed E-state index contributed by atoms with van der Waals surface area (Å²) in [6.07, 6.45) is 3.26. The summed E-state index contributed by atoms with van der Waals surface area (Å²) >= 11 is 0. The molecule has 0 N–H and O–H groups in total. The van der Waals surface area contributed by atoms with Gasteiger partial charge in [0.05, 0.1) is 6.61 Å². The van der Waals surface area contributed by atoms with Crippen LogP contribution >= 0.6 is 0 Å². The Balaban J connectivity index is 2.10. The predicted molar refractivity (Wildman–Crippen MR) is 51.9 cm³/mol. The topological polar surface area (TPSA) is 57.1 Å². The molecule has 82 valence electrons. The number of hydrogen-bond donors (Lipinski definition) is 0. The number of carbonyl (C=O) groups excluding carboxylic acids is 1. The van der Waals surface area contributed by atoms with E-state index in [1.165, 1.54) is 6.92 Å². The van der Waals surface area contributed by atoms with Crippen LogP contribution in [0.3, 0.4) is 0 Å². The van der Waals surface area contributed by atoms with E-state index in [9.17, 15) is 4.79 Å². The van der Waals surface area contributed by atoms with Crippen LogP contribution < -0.4 is 0 Å². The summed E-state index contributed by atoms with van der Waals surface area (Å²) in [4.78, 5) is 15.1. The number of fused-ring (bicyclic) bond motifs is 1. The second kappa shape index (κ2) is 3.81. The maximum absolute atomic E-state index is 10.8. The first-order valence-corrected chi connectivity index (χ1v) is 4.78. The molecular formula is C10H13NO4. The fourth-order valence-electron chi connectivity index (χ4n) is 1.68. The van der Waals surface area contributed by atoms with Gasteiger partial charge in [-0.3, -0.25) is 4.79 Å². The Bertz CT molecular complexity index is 302. The van der Waals surface area contributed by atoms with Crippen molar-refractivity contribution in [1.29, 1.82) is 0 Å². The van der Waals surface area contributed by atoms with E-state index < -0.39 is 11.8 Å². The molecule has 2 radical (unpaired) electrons. The maximum Gasteiger partial charge on any atom is 0.302 e. The van der Waals surface area contributed by atoms with E-state index in [0.717, 1.165) is 0 Å². The molecule has 5 heteroatoms. The normalized spacial score (nSPS) is 34.0. The molecule has 0 saturated carbocycles. The van der Waals surface area contributed by atoms with Crippen molar-refractivity contribution in [3.8, 4) is 0 Å². The second-order valence-corrected chi connectivity index (χ2v) is 3.59. The minimum absolute atomic E-state index is 0.154. The van der Waals surface area contributed by atoms with E-state index in [1.807, 2.05) is 12.8 Å². The number of aliphatic imine (C=N–C) groups is 1. The lowest BCUT2D eigenvalue weighted by molar-refractivity contribution is -0.153. The lowest BCUT2D eigenvalue weighted by atomic mass is 9.93. The van der Waals surface area contributed by atoms with Gasteiger partial charge in [-0.25, -0.2) is 4.99 Å². The third kappa shape index (κ3) is 1.97. The van der Waals surface area contributed by atoms with Crippen molar-refractivity contribution in [2.75, 3.05) is 13.2 Å². The first kappa shape index (κ1) is 10.4. The third-order valence-corrected chi connectivity index (χ3v) is 2.31. The highest BCUT2D eigenvalue weighted by atomic mass is 16.7. The number of nitrogens with zero attached hydrogens (tertiary/aromatic N) is 1. The van der Waals surface area contributed by atoms with Gasteiger partial charge in [0.15, 0.2) is 11.4 Å². The van der Waals surface area contributed by atoms with Crippen LogP contribution in [0, 0.1) is 12.8 Å². The van der Waals surface area contributed by atoms with Gasteiger partial charge < -0.3 is 14.2 Å². The van der Waals surface area contributed by atoms with Gasteiger partial charge in [-0.1, -0.05) is 0 Å². The monoisotopic (exact) mass is 211 g/mol. The molecule has 2 heterocycles. The van der Waals surface area contributed by atoms with Crippen LogP contribution in [0.2, 0.25) is 0 Å². The van der Waals surface area contributed by atoms with Crippen LogP contribution in [0.4, 0.5) is 0 Å². The van der Waals surface area contributed by atoms with Crippen molar-refractivity contribution in [1.82, 2.24) is 0 Å². The highest BCUT2D eigenvalue weighted by Gasteiger charge is 2.49. The number of rotatable bonds is 2. The average molecular weight is 211 g/mol. The zero-order valence-corrected chi connectivity index (χ0v) is 8.73. The van der Waals surface area contributed by atoms with Gasteiger partial charge in [0.1, 0.15) is 6.61 Å². The minimum atomic E-state index is -0.687. The molecule has 0 aromatic carbocycles. The van der Waals surface area contributed by atoms with Gasteiger partial charge in [-0.15, -0.1) is 0 Å². The summed E-state index contributed by atoms with van der Waals surface area (Å²) < 4.78 is 15.8. The molecule has 0 aromatic rings. The summed E-state index contributed by atoms with van der Waals surface area (Å²) in [5.74, 6) is 0.223. The van der Waals surface area contributed by atoms with Crippen LogP contribution in [0.25, 0.3) is 0 Å². The Morgan fingerprint density at radius 2 is 2.60 bits per heavy atom. The molecule has 0 amide bonds. The quantitative estimate of drug-likeness (QED) is 0.624. The van der Waals surface area contributed by atoms with Gasteiger partial charge >= 0.3 is 5.97 Å². The summed E-state index contributed by atoms with van der Waals surface area (Å²) in [5, 5.41) is 0. The molecule has 2 aliphatic heterocycles. The number of esters is 1. The van der Waals surface area contributed by atoms with E-state index in [-0.39, 0.29) is 12.6 Å².